The van der Waals surface area contributed by atoms with Crippen molar-refractivity contribution in [3.05, 3.63) is 79.4 Å². The number of rotatable bonds is 1. The molecule has 0 aromatic carbocycles. The van der Waals surface area contributed by atoms with Gasteiger partial charge in [-0.3, -0.25) is 15.0 Å². The van der Waals surface area contributed by atoms with Crippen LogP contribution in [0.25, 0.3) is 0 Å². The third-order valence-corrected chi connectivity index (χ3v) is 1.87. The molecule has 2 N–H and O–H groups in total. The van der Waals surface area contributed by atoms with Crippen molar-refractivity contribution in [1.29, 1.82) is 0 Å². The number of carbonyl (C=O) groups is 1. The number of hydrogen-bond acceptors (Lipinski definition) is 4. The van der Waals surface area contributed by atoms with Crippen LogP contribution in [-0.4, -0.2) is 31.0 Å². The molecule has 0 fully saturated rings. The third kappa shape index (κ3) is 7.33. The molecule has 1 aromatic heterocycles. The van der Waals surface area contributed by atoms with Crippen molar-refractivity contribution in [2.24, 2.45) is 0 Å². The summed E-state index contributed by atoms with van der Waals surface area (Å²) in [5.41, 5.74) is 0.0317. The summed E-state index contributed by atoms with van der Waals surface area (Å²) in [5.74, 6) is -1.06. The molecular formula is C14H14N4O2. The first kappa shape index (κ1) is 15.0. The Hall–Kier alpha value is -3.02. The molecule has 20 heavy (non-hydrogen) atoms. The lowest BCUT2D eigenvalue weighted by Gasteiger charge is -1.87. The summed E-state index contributed by atoms with van der Waals surface area (Å²) < 4.78 is 0. The zero-order valence-corrected chi connectivity index (χ0v) is 10.6. The highest BCUT2D eigenvalue weighted by molar-refractivity contribution is 5.84. The standard InChI is InChI=1S/C14H14N4O2/c19-14(20)13-5-2-1-3-6-15-7-4-8-16-9-10-17-11-12-18-13/h1-12,18H,(H,19,20). The first-order chi connectivity index (χ1) is 9.80. The first-order valence-electron chi connectivity index (χ1n) is 5.72. The molecule has 0 saturated carbocycles. The first-order valence-corrected chi connectivity index (χ1v) is 5.72. The largest absolute Gasteiger partial charge is 0.477 e. The molecule has 102 valence electrons. The van der Waals surface area contributed by atoms with Gasteiger partial charge in [-0.05, 0) is 18.2 Å². The van der Waals surface area contributed by atoms with E-state index in [2.05, 4.69) is 19.9 Å². The highest BCUT2D eigenvalue weighted by Gasteiger charge is 1.96. The van der Waals surface area contributed by atoms with Gasteiger partial charge in [0, 0.05) is 43.4 Å². The summed E-state index contributed by atoms with van der Waals surface area (Å²) in [6.07, 6.45) is 10.5. The molecule has 1 aromatic rings. The number of carboxylic acids is 1. The molecule has 0 aliphatic heterocycles. The van der Waals surface area contributed by atoms with Crippen LogP contribution in [0.2, 0.25) is 0 Å². The van der Waals surface area contributed by atoms with Gasteiger partial charge in [-0.25, -0.2) is 4.79 Å². The minimum absolute atomic E-state index is 0.0317. The number of nitrogens with zero attached hydrogens (tertiary/aromatic N) is 3. The summed E-state index contributed by atoms with van der Waals surface area (Å²) in [6.45, 7) is 0. The molecule has 0 aliphatic carbocycles. The molecule has 0 saturated heterocycles. The van der Waals surface area contributed by atoms with Crippen LogP contribution in [0, 0.1) is 0 Å². The van der Waals surface area contributed by atoms with E-state index in [1.807, 2.05) is 0 Å². The van der Waals surface area contributed by atoms with Crippen LogP contribution >= 0.6 is 0 Å². The summed E-state index contributed by atoms with van der Waals surface area (Å²) in [5, 5.41) is 8.96. The molecular weight excluding hydrogens is 256 g/mol. The predicted molar refractivity (Wildman–Crippen MR) is 74.0 cm³/mol. The molecule has 6 heteroatoms. The van der Waals surface area contributed by atoms with E-state index in [9.17, 15) is 4.79 Å². The maximum Gasteiger partial charge on any atom is 0.352 e. The van der Waals surface area contributed by atoms with Gasteiger partial charge in [0.25, 0.3) is 0 Å². The second-order valence-electron chi connectivity index (χ2n) is 3.31. The Balaban J connectivity index is 3.25. The quantitative estimate of drug-likeness (QED) is 0.816. The topological polar surface area (TPSA) is 91.8 Å². The van der Waals surface area contributed by atoms with Gasteiger partial charge < -0.3 is 10.1 Å². The second kappa shape index (κ2) is 9.95. The molecule has 0 radical (unpaired) electrons. The van der Waals surface area contributed by atoms with Crippen molar-refractivity contribution in [3.8, 4) is 0 Å². The highest BCUT2D eigenvalue weighted by Crippen LogP contribution is 1.87. The Morgan fingerprint density at radius 3 is 2.25 bits per heavy atom. The fraction of sp³-hybridized carbons (Fsp3) is 0. The minimum Gasteiger partial charge on any atom is -0.477 e. The summed E-state index contributed by atoms with van der Waals surface area (Å²) in [7, 11) is 0. The van der Waals surface area contributed by atoms with E-state index in [-0.39, 0.29) is 5.69 Å². The van der Waals surface area contributed by atoms with Gasteiger partial charge in [0.15, 0.2) is 0 Å². The molecule has 0 spiro atoms. The Morgan fingerprint density at radius 1 is 0.850 bits per heavy atom. The van der Waals surface area contributed by atoms with E-state index >= 15 is 0 Å². The van der Waals surface area contributed by atoms with E-state index in [1.165, 1.54) is 30.9 Å². The van der Waals surface area contributed by atoms with Crippen LogP contribution in [0.15, 0.2) is 73.7 Å². The number of aromatic nitrogens is 4. The molecule has 0 amide bonds. The fourth-order valence-corrected chi connectivity index (χ4v) is 1.03. The zero-order valence-electron chi connectivity index (χ0n) is 10.6. The van der Waals surface area contributed by atoms with Gasteiger partial charge in [0.1, 0.15) is 5.69 Å². The Morgan fingerprint density at radius 2 is 1.50 bits per heavy atom. The van der Waals surface area contributed by atoms with Crippen LogP contribution in [0.3, 0.4) is 0 Å². The van der Waals surface area contributed by atoms with Gasteiger partial charge in [0.2, 0.25) is 0 Å². The van der Waals surface area contributed by atoms with Gasteiger partial charge in [-0.2, -0.15) is 0 Å². The smallest absolute Gasteiger partial charge is 0.352 e. The van der Waals surface area contributed by atoms with Crippen molar-refractivity contribution >= 4 is 5.97 Å². The second-order valence-corrected chi connectivity index (χ2v) is 3.31. The SMILES string of the molecule is O=C(O)c1cccccncccnccncc[nH]1. The van der Waals surface area contributed by atoms with Crippen LogP contribution in [0.5, 0.6) is 0 Å². The predicted octanol–water partition coefficient (Wildman–Crippen LogP) is 2.27. The summed E-state index contributed by atoms with van der Waals surface area (Å²) in [4.78, 5) is 25.3. The van der Waals surface area contributed by atoms with E-state index in [0.29, 0.717) is 0 Å². The monoisotopic (exact) mass is 270 g/mol. The highest BCUT2D eigenvalue weighted by atomic mass is 16.4. The number of nitrogens with one attached hydrogen (secondary N) is 1. The number of aromatic amines is 1. The molecule has 0 atom stereocenters. The normalized spacial score (nSPS) is 8.40. The van der Waals surface area contributed by atoms with Crippen molar-refractivity contribution in [1.82, 2.24) is 19.9 Å². The van der Waals surface area contributed by atoms with E-state index in [4.69, 9.17) is 5.11 Å². The molecule has 0 bridgehead atoms. The average molecular weight is 270 g/mol. The van der Waals surface area contributed by atoms with Gasteiger partial charge in [-0.1, -0.05) is 12.1 Å². The van der Waals surface area contributed by atoms with Crippen molar-refractivity contribution < 1.29 is 9.90 Å². The Labute approximate surface area is 116 Å². The number of aromatic carboxylic acids is 1. The molecule has 0 aliphatic rings. The molecule has 1 heterocycles. The fourth-order valence-electron chi connectivity index (χ4n) is 1.03. The Bertz CT molecular complexity index is 553. The number of carboxylic acid groups (broad SMARTS) is 1. The van der Waals surface area contributed by atoms with Gasteiger partial charge >= 0.3 is 5.97 Å². The van der Waals surface area contributed by atoms with Gasteiger partial charge in [-0.15, -0.1) is 0 Å². The molecule has 1 rings (SSSR count). The van der Waals surface area contributed by atoms with Crippen LogP contribution in [-0.2, 0) is 0 Å². The van der Waals surface area contributed by atoms with Crippen LogP contribution < -0.4 is 0 Å². The third-order valence-electron chi connectivity index (χ3n) is 1.87. The molecule has 0 unspecified atom stereocenters. The van der Waals surface area contributed by atoms with E-state index < -0.39 is 5.97 Å². The van der Waals surface area contributed by atoms with Crippen LogP contribution in [0.1, 0.15) is 10.5 Å². The lowest BCUT2D eigenvalue weighted by atomic mass is 10.4. The van der Waals surface area contributed by atoms with Crippen LogP contribution in [0.4, 0.5) is 0 Å². The molecule has 6 nitrogen and oxygen atoms in total. The number of hydrogen-bond donors (Lipinski definition) is 2. The zero-order chi connectivity index (χ0) is 14.5. The van der Waals surface area contributed by atoms with Crippen molar-refractivity contribution in [3.63, 3.8) is 0 Å². The van der Waals surface area contributed by atoms with Crippen molar-refractivity contribution in [2.75, 3.05) is 0 Å². The average Bonchev–Trinajstić information content (AvgIpc) is 2.43. The Kier molecular flexibility index (Phi) is 7.49. The number of H-pyrrole nitrogens is 1. The lowest BCUT2D eigenvalue weighted by Crippen LogP contribution is -1.96. The van der Waals surface area contributed by atoms with E-state index in [0.717, 1.165) is 0 Å². The maximum absolute atomic E-state index is 10.9. The minimum atomic E-state index is -1.06. The summed E-state index contributed by atoms with van der Waals surface area (Å²) in [6, 6.07) is 8.06. The van der Waals surface area contributed by atoms with E-state index in [1.54, 1.807) is 42.9 Å². The summed E-state index contributed by atoms with van der Waals surface area (Å²) >= 11 is 0. The lowest BCUT2D eigenvalue weighted by molar-refractivity contribution is 0.0690. The maximum atomic E-state index is 10.9. The van der Waals surface area contributed by atoms with Crippen molar-refractivity contribution in [2.45, 2.75) is 0 Å². The van der Waals surface area contributed by atoms with Gasteiger partial charge in [0.05, 0.1) is 0 Å².